The summed E-state index contributed by atoms with van der Waals surface area (Å²) in [6, 6.07) is 24.1. The minimum Gasteiger partial charge on any atom is -0.481 e. The van der Waals surface area contributed by atoms with Crippen LogP contribution in [0.4, 0.5) is 11.4 Å². The molecule has 4 rings (SSSR count). The summed E-state index contributed by atoms with van der Waals surface area (Å²) in [7, 11) is 0. The first kappa shape index (κ1) is 22.0. The van der Waals surface area contributed by atoms with Crippen molar-refractivity contribution in [3.63, 3.8) is 0 Å². The summed E-state index contributed by atoms with van der Waals surface area (Å²) in [5, 5.41) is 23.9. The lowest BCUT2D eigenvalue weighted by Crippen LogP contribution is -2.42. The van der Waals surface area contributed by atoms with Crippen LogP contribution < -0.4 is 5.32 Å². The number of benzene rings is 3. The molecule has 33 heavy (non-hydrogen) atoms. The minimum absolute atomic E-state index is 0.0942. The number of nitro benzene ring substituents is 1. The standard InChI is InChI=1S/C26H22N2O5/c29-25(27-19-11-13-20(14-12-19)28(32)33)23-21(17-7-3-1-4-8-17)15-16-22(24(23)26(30)31)18-9-5-2-6-10-18/h1-16,21-24H,(H,27,29)(H,30,31)/t21-,22-,23+,24+/m0/s1. The van der Waals surface area contributed by atoms with Crippen LogP contribution >= 0.6 is 0 Å². The first-order chi connectivity index (χ1) is 16.0. The third kappa shape index (κ3) is 4.67. The fourth-order valence-electron chi connectivity index (χ4n) is 4.44. The molecule has 7 nitrogen and oxygen atoms in total. The Bertz CT molecular complexity index is 1180. The third-order valence-corrected chi connectivity index (χ3v) is 5.99. The molecule has 0 saturated heterocycles. The summed E-state index contributed by atoms with van der Waals surface area (Å²) >= 11 is 0. The second-order valence-corrected chi connectivity index (χ2v) is 7.94. The molecule has 7 heteroatoms. The Morgan fingerprint density at radius 2 is 1.24 bits per heavy atom. The number of hydrogen-bond donors (Lipinski definition) is 2. The van der Waals surface area contributed by atoms with E-state index >= 15 is 0 Å². The molecule has 2 N–H and O–H groups in total. The zero-order valence-electron chi connectivity index (χ0n) is 17.6. The number of rotatable bonds is 6. The van der Waals surface area contributed by atoms with E-state index in [9.17, 15) is 24.8 Å². The molecule has 0 saturated carbocycles. The van der Waals surface area contributed by atoms with Gasteiger partial charge < -0.3 is 10.4 Å². The molecule has 1 amide bonds. The number of nitro groups is 1. The van der Waals surface area contributed by atoms with Crippen molar-refractivity contribution < 1.29 is 19.6 Å². The number of non-ortho nitro benzene ring substituents is 1. The molecule has 4 atom stereocenters. The van der Waals surface area contributed by atoms with Gasteiger partial charge in [0.05, 0.1) is 16.8 Å². The van der Waals surface area contributed by atoms with Crippen molar-refractivity contribution in [1.29, 1.82) is 0 Å². The Labute approximate surface area is 190 Å². The van der Waals surface area contributed by atoms with E-state index in [1.807, 2.05) is 72.8 Å². The number of aliphatic carboxylic acids is 1. The molecule has 0 aliphatic heterocycles. The normalized spacial score (nSPS) is 21.8. The molecule has 0 bridgehead atoms. The van der Waals surface area contributed by atoms with Crippen molar-refractivity contribution in [1.82, 2.24) is 0 Å². The molecule has 0 fully saturated rings. The topological polar surface area (TPSA) is 110 Å². The third-order valence-electron chi connectivity index (χ3n) is 5.99. The summed E-state index contributed by atoms with van der Waals surface area (Å²) in [5.41, 5.74) is 1.94. The summed E-state index contributed by atoms with van der Waals surface area (Å²) in [6.07, 6.45) is 3.79. The van der Waals surface area contributed by atoms with E-state index in [1.54, 1.807) is 0 Å². The molecule has 0 radical (unpaired) electrons. The molecule has 0 unspecified atom stereocenters. The predicted octanol–water partition coefficient (Wildman–Crippen LogP) is 4.99. The maximum Gasteiger partial charge on any atom is 0.308 e. The first-order valence-electron chi connectivity index (χ1n) is 10.5. The van der Waals surface area contributed by atoms with Crippen LogP contribution in [-0.4, -0.2) is 21.9 Å². The van der Waals surface area contributed by atoms with Gasteiger partial charge in [0.2, 0.25) is 5.91 Å². The van der Waals surface area contributed by atoms with Gasteiger partial charge in [0.25, 0.3) is 5.69 Å². The number of allylic oxidation sites excluding steroid dienone is 2. The van der Waals surface area contributed by atoms with E-state index in [1.165, 1.54) is 24.3 Å². The summed E-state index contributed by atoms with van der Waals surface area (Å²) in [6.45, 7) is 0. The van der Waals surface area contributed by atoms with Crippen LogP contribution in [0.5, 0.6) is 0 Å². The van der Waals surface area contributed by atoms with Gasteiger partial charge in [0.15, 0.2) is 0 Å². The lowest BCUT2D eigenvalue weighted by Gasteiger charge is -2.37. The van der Waals surface area contributed by atoms with Gasteiger partial charge in [-0.05, 0) is 23.3 Å². The van der Waals surface area contributed by atoms with Gasteiger partial charge in [-0.25, -0.2) is 0 Å². The molecule has 1 aliphatic rings. The van der Waals surface area contributed by atoms with Crippen molar-refractivity contribution in [2.24, 2.45) is 11.8 Å². The maximum atomic E-state index is 13.5. The van der Waals surface area contributed by atoms with E-state index in [4.69, 9.17) is 0 Å². The number of anilines is 1. The van der Waals surface area contributed by atoms with Gasteiger partial charge in [-0.1, -0.05) is 72.8 Å². The van der Waals surface area contributed by atoms with Crippen LogP contribution in [0.25, 0.3) is 0 Å². The van der Waals surface area contributed by atoms with Crippen LogP contribution in [0.1, 0.15) is 23.0 Å². The molecule has 3 aromatic rings. The van der Waals surface area contributed by atoms with Crippen molar-refractivity contribution in [2.75, 3.05) is 5.32 Å². The Balaban J connectivity index is 1.73. The average Bonchev–Trinajstić information content (AvgIpc) is 2.84. The van der Waals surface area contributed by atoms with Crippen molar-refractivity contribution in [3.05, 3.63) is 118 Å². The number of carboxylic acids is 1. The van der Waals surface area contributed by atoms with Gasteiger partial charge in [-0.2, -0.15) is 0 Å². The van der Waals surface area contributed by atoms with Crippen LogP contribution in [0.2, 0.25) is 0 Å². The molecule has 1 aliphatic carbocycles. The SMILES string of the molecule is O=C(O)[C@H]1[C@H](C(=O)Nc2ccc([N+](=O)[O-])cc2)[C@H](c2ccccc2)C=C[C@H]1c1ccccc1. The Morgan fingerprint density at radius 3 is 1.70 bits per heavy atom. The highest BCUT2D eigenvalue weighted by Gasteiger charge is 2.46. The monoisotopic (exact) mass is 442 g/mol. The van der Waals surface area contributed by atoms with E-state index in [0.29, 0.717) is 5.69 Å². The largest absolute Gasteiger partial charge is 0.481 e. The van der Waals surface area contributed by atoms with E-state index in [-0.39, 0.29) is 5.69 Å². The summed E-state index contributed by atoms with van der Waals surface area (Å²) in [4.78, 5) is 36.4. The van der Waals surface area contributed by atoms with E-state index in [0.717, 1.165) is 11.1 Å². The fraction of sp³-hybridized carbons (Fsp3) is 0.154. The second kappa shape index (κ2) is 9.48. The smallest absolute Gasteiger partial charge is 0.308 e. The maximum absolute atomic E-state index is 13.5. The number of nitrogens with one attached hydrogen (secondary N) is 1. The van der Waals surface area contributed by atoms with Gasteiger partial charge in [-0.15, -0.1) is 0 Å². The van der Waals surface area contributed by atoms with Gasteiger partial charge in [-0.3, -0.25) is 19.7 Å². The van der Waals surface area contributed by atoms with Crippen LogP contribution in [0.3, 0.4) is 0 Å². The molecule has 3 aromatic carbocycles. The zero-order chi connectivity index (χ0) is 23.4. The molecule has 0 spiro atoms. The Kier molecular flexibility index (Phi) is 6.31. The fourth-order valence-corrected chi connectivity index (χ4v) is 4.44. The van der Waals surface area contributed by atoms with Gasteiger partial charge in [0.1, 0.15) is 0 Å². The molecular formula is C26H22N2O5. The molecule has 166 valence electrons. The molecule has 0 aromatic heterocycles. The zero-order valence-corrected chi connectivity index (χ0v) is 17.6. The average molecular weight is 442 g/mol. The number of carbonyl (C=O) groups excluding carboxylic acids is 1. The first-order valence-corrected chi connectivity index (χ1v) is 10.5. The summed E-state index contributed by atoms with van der Waals surface area (Å²) in [5.74, 6) is -4.31. The van der Waals surface area contributed by atoms with Crippen molar-refractivity contribution in [3.8, 4) is 0 Å². The van der Waals surface area contributed by atoms with Crippen LogP contribution in [0, 0.1) is 22.0 Å². The highest BCUT2D eigenvalue weighted by Crippen LogP contribution is 2.45. The number of nitrogens with zero attached hydrogens (tertiary/aromatic N) is 1. The number of carbonyl (C=O) groups is 2. The highest BCUT2D eigenvalue weighted by molar-refractivity contribution is 5.96. The molecular weight excluding hydrogens is 420 g/mol. The highest BCUT2D eigenvalue weighted by atomic mass is 16.6. The van der Waals surface area contributed by atoms with Gasteiger partial charge >= 0.3 is 5.97 Å². The lowest BCUT2D eigenvalue weighted by molar-refractivity contribution is -0.384. The Morgan fingerprint density at radius 1 is 0.758 bits per heavy atom. The molecule has 0 heterocycles. The van der Waals surface area contributed by atoms with Crippen molar-refractivity contribution >= 4 is 23.3 Å². The van der Waals surface area contributed by atoms with Crippen LogP contribution in [-0.2, 0) is 9.59 Å². The van der Waals surface area contributed by atoms with Gasteiger partial charge in [0, 0.05) is 29.7 Å². The number of carboxylic acid groups (broad SMARTS) is 1. The predicted molar refractivity (Wildman–Crippen MR) is 124 cm³/mol. The minimum atomic E-state index is -1.06. The van der Waals surface area contributed by atoms with E-state index in [2.05, 4.69) is 5.32 Å². The van der Waals surface area contributed by atoms with E-state index < -0.39 is 40.5 Å². The Hall–Kier alpha value is -4.26. The quantitative estimate of drug-likeness (QED) is 0.318. The summed E-state index contributed by atoms with van der Waals surface area (Å²) < 4.78 is 0. The number of amides is 1. The second-order valence-electron chi connectivity index (χ2n) is 7.94. The number of hydrogen-bond acceptors (Lipinski definition) is 4. The van der Waals surface area contributed by atoms with Crippen molar-refractivity contribution in [2.45, 2.75) is 11.8 Å². The van der Waals surface area contributed by atoms with Crippen LogP contribution in [0.15, 0.2) is 97.1 Å². The lowest BCUT2D eigenvalue weighted by atomic mass is 9.66.